The topological polar surface area (TPSA) is 49.4 Å². The molecule has 0 fully saturated rings. The average molecular weight is 593 g/mol. The Balaban J connectivity index is 4.02. The summed E-state index contributed by atoms with van der Waals surface area (Å²) >= 11 is 0. The van der Waals surface area contributed by atoms with Crippen LogP contribution in [0.15, 0.2) is 0 Å². The third kappa shape index (κ3) is 29.2. The van der Waals surface area contributed by atoms with Crippen LogP contribution < -0.4 is 5.32 Å². The first-order valence-corrected chi connectivity index (χ1v) is 19.2. The molecule has 4 nitrogen and oxygen atoms in total. The van der Waals surface area contributed by atoms with Crippen molar-refractivity contribution in [2.24, 2.45) is 0 Å². The van der Waals surface area contributed by atoms with Gasteiger partial charge in [0.1, 0.15) is 0 Å². The minimum absolute atomic E-state index is 0.0632. The Kier molecular flexibility index (Phi) is 33.8. The molecule has 250 valence electrons. The van der Waals surface area contributed by atoms with Gasteiger partial charge in [0, 0.05) is 19.4 Å². The Morgan fingerprint density at radius 2 is 0.690 bits per heavy atom. The van der Waals surface area contributed by atoms with E-state index >= 15 is 0 Å². The molecule has 0 saturated carbocycles. The third-order valence-corrected chi connectivity index (χ3v) is 8.75. The van der Waals surface area contributed by atoms with Crippen LogP contribution in [0, 0.1) is 0 Å². The molecule has 42 heavy (non-hydrogen) atoms. The fourth-order valence-electron chi connectivity index (χ4n) is 5.91. The van der Waals surface area contributed by atoms with Gasteiger partial charge in [0.25, 0.3) is 0 Å². The zero-order valence-electron chi connectivity index (χ0n) is 29.1. The second-order valence-electron chi connectivity index (χ2n) is 13.0. The van der Waals surface area contributed by atoms with Crippen LogP contribution >= 0.6 is 0 Å². The van der Waals surface area contributed by atoms with Crippen LogP contribution in [0.5, 0.6) is 0 Å². The van der Waals surface area contributed by atoms with Gasteiger partial charge in [0.05, 0.1) is 0 Å². The molecule has 0 aliphatic rings. The molecule has 0 saturated heterocycles. The zero-order chi connectivity index (χ0) is 30.8. The molecule has 0 aromatic heterocycles. The van der Waals surface area contributed by atoms with Gasteiger partial charge in [-0.15, -0.1) is 0 Å². The predicted molar refractivity (Wildman–Crippen MR) is 185 cm³/mol. The first kappa shape index (κ1) is 41.1. The summed E-state index contributed by atoms with van der Waals surface area (Å²) in [6, 6.07) is 0. The summed E-state index contributed by atoms with van der Waals surface area (Å²) in [4.78, 5) is 27.7. The zero-order valence-corrected chi connectivity index (χ0v) is 29.1. The van der Waals surface area contributed by atoms with Crippen LogP contribution in [-0.2, 0) is 9.59 Å². The van der Waals surface area contributed by atoms with Gasteiger partial charge in [-0.25, -0.2) is 0 Å². The second-order valence-corrected chi connectivity index (χ2v) is 13.0. The molecular formula is C38H76N2O2. The van der Waals surface area contributed by atoms with Crippen LogP contribution in [0.3, 0.4) is 0 Å². The van der Waals surface area contributed by atoms with E-state index in [-0.39, 0.29) is 11.8 Å². The quantitative estimate of drug-likeness (QED) is 0.0756. The number of nitrogens with one attached hydrogen (secondary N) is 1. The van der Waals surface area contributed by atoms with Gasteiger partial charge in [0.15, 0.2) is 0 Å². The number of rotatable bonds is 34. The number of amides is 2. The molecule has 2 amide bonds. The van der Waals surface area contributed by atoms with Crippen molar-refractivity contribution in [2.45, 2.75) is 213 Å². The van der Waals surface area contributed by atoms with Crippen molar-refractivity contribution in [1.82, 2.24) is 10.2 Å². The highest BCUT2D eigenvalue weighted by Gasteiger charge is 2.20. The van der Waals surface area contributed by atoms with Gasteiger partial charge in [-0.1, -0.05) is 175 Å². The fraction of sp³-hybridized carbons (Fsp3) is 0.947. The molecule has 4 heteroatoms. The highest BCUT2D eigenvalue weighted by Crippen LogP contribution is 2.16. The monoisotopic (exact) mass is 593 g/mol. The van der Waals surface area contributed by atoms with Gasteiger partial charge in [-0.3, -0.25) is 14.5 Å². The van der Waals surface area contributed by atoms with E-state index in [9.17, 15) is 9.59 Å². The molecule has 0 aromatic rings. The smallest absolute Gasteiger partial charge is 0.229 e. The van der Waals surface area contributed by atoms with Crippen molar-refractivity contribution in [3.8, 4) is 0 Å². The summed E-state index contributed by atoms with van der Waals surface area (Å²) < 4.78 is 0. The van der Waals surface area contributed by atoms with E-state index in [0.29, 0.717) is 19.4 Å². The number of carbonyl (C=O) groups is 2. The van der Waals surface area contributed by atoms with E-state index < -0.39 is 0 Å². The van der Waals surface area contributed by atoms with Crippen LogP contribution in [0.4, 0.5) is 0 Å². The van der Waals surface area contributed by atoms with Crippen LogP contribution in [-0.4, -0.2) is 36.3 Å². The standard InChI is InChI=1S/C38H76N2O2/c1-4-7-9-11-13-15-17-19-21-23-25-27-29-32-37(41)40(36-31-35-39-34-6-3)38(42)33-30-28-26-24-22-20-18-16-14-12-10-8-5-2/h39H,4-36H2,1-3H3. The van der Waals surface area contributed by atoms with Crippen molar-refractivity contribution in [3.63, 3.8) is 0 Å². The SMILES string of the molecule is CCCCCCCCCCCCCCCC(=O)N(CCCNCCC)C(=O)CCCCCCCCCCCCCCC. The maximum atomic E-state index is 13.0. The highest BCUT2D eigenvalue weighted by molar-refractivity contribution is 5.95. The summed E-state index contributed by atoms with van der Waals surface area (Å²) in [5.41, 5.74) is 0. The lowest BCUT2D eigenvalue weighted by molar-refractivity contribution is -0.145. The van der Waals surface area contributed by atoms with Gasteiger partial charge in [-0.05, 0) is 38.8 Å². The van der Waals surface area contributed by atoms with Gasteiger partial charge in [-0.2, -0.15) is 0 Å². The van der Waals surface area contributed by atoms with Crippen molar-refractivity contribution in [1.29, 1.82) is 0 Å². The maximum absolute atomic E-state index is 13.0. The van der Waals surface area contributed by atoms with Gasteiger partial charge in [0.2, 0.25) is 11.8 Å². The largest absolute Gasteiger partial charge is 0.317 e. The molecular weight excluding hydrogens is 516 g/mol. The second kappa shape index (κ2) is 34.6. The van der Waals surface area contributed by atoms with Crippen molar-refractivity contribution in [3.05, 3.63) is 0 Å². The van der Waals surface area contributed by atoms with Crippen LogP contribution in [0.25, 0.3) is 0 Å². The molecule has 0 aromatic carbocycles. The van der Waals surface area contributed by atoms with Crippen LogP contribution in [0.2, 0.25) is 0 Å². The summed E-state index contributed by atoms with van der Waals surface area (Å²) in [5, 5.41) is 3.41. The fourth-order valence-corrected chi connectivity index (χ4v) is 5.91. The molecule has 0 unspecified atom stereocenters. The first-order valence-electron chi connectivity index (χ1n) is 19.2. The lowest BCUT2D eigenvalue weighted by Gasteiger charge is -2.21. The van der Waals surface area contributed by atoms with E-state index in [1.54, 1.807) is 4.90 Å². The number of nitrogens with zero attached hydrogens (tertiary/aromatic N) is 1. The number of hydrogen-bond acceptors (Lipinski definition) is 3. The molecule has 0 rings (SSSR count). The molecule has 0 spiro atoms. The molecule has 0 heterocycles. The minimum atomic E-state index is 0.0632. The van der Waals surface area contributed by atoms with Crippen LogP contribution in [0.1, 0.15) is 213 Å². The Bertz CT molecular complexity index is 523. The van der Waals surface area contributed by atoms with Gasteiger partial charge >= 0.3 is 0 Å². The summed E-state index contributed by atoms with van der Waals surface area (Å²) in [6.07, 6.45) is 37.0. The maximum Gasteiger partial charge on any atom is 0.229 e. The summed E-state index contributed by atoms with van der Waals surface area (Å²) in [5.74, 6) is 0.126. The Morgan fingerprint density at radius 3 is 1.00 bits per heavy atom. The van der Waals surface area contributed by atoms with E-state index in [1.807, 2.05) is 0 Å². The molecule has 0 aliphatic carbocycles. The number of carbonyl (C=O) groups excluding carboxylic acids is 2. The Hall–Kier alpha value is -0.900. The molecule has 0 atom stereocenters. The molecule has 0 radical (unpaired) electrons. The lowest BCUT2D eigenvalue weighted by Crippen LogP contribution is -2.38. The number of imide groups is 1. The summed E-state index contributed by atoms with van der Waals surface area (Å²) in [7, 11) is 0. The highest BCUT2D eigenvalue weighted by atomic mass is 16.2. The van der Waals surface area contributed by atoms with E-state index in [4.69, 9.17) is 0 Å². The van der Waals surface area contributed by atoms with Crippen molar-refractivity contribution >= 4 is 11.8 Å². The van der Waals surface area contributed by atoms with Gasteiger partial charge < -0.3 is 5.32 Å². The number of unbranched alkanes of at least 4 members (excludes halogenated alkanes) is 24. The van der Waals surface area contributed by atoms with Crippen molar-refractivity contribution < 1.29 is 9.59 Å². The Labute approximate surface area is 264 Å². The predicted octanol–water partition coefficient (Wildman–Crippen LogP) is 11.7. The molecule has 1 N–H and O–H groups in total. The molecule has 0 bridgehead atoms. The molecule has 0 aliphatic heterocycles. The lowest BCUT2D eigenvalue weighted by atomic mass is 10.0. The number of hydrogen-bond donors (Lipinski definition) is 1. The van der Waals surface area contributed by atoms with E-state index in [2.05, 4.69) is 26.1 Å². The van der Waals surface area contributed by atoms with E-state index in [0.717, 1.165) is 51.6 Å². The first-order chi connectivity index (χ1) is 20.7. The normalized spacial score (nSPS) is 11.3. The average Bonchev–Trinajstić information content (AvgIpc) is 2.99. The minimum Gasteiger partial charge on any atom is -0.317 e. The third-order valence-electron chi connectivity index (χ3n) is 8.75. The summed E-state index contributed by atoms with van der Waals surface area (Å²) in [6.45, 7) is 9.17. The van der Waals surface area contributed by atoms with E-state index in [1.165, 1.54) is 141 Å². The Morgan fingerprint density at radius 1 is 0.381 bits per heavy atom. The van der Waals surface area contributed by atoms with Crippen molar-refractivity contribution in [2.75, 3.05) is 19.6 Å².